The molecule has 4 amide bonds. The number of hydrogen-bond acceptors (Lipinski definition) is 6. The highest BCUT2D eigenvalue weighted by Crippen LogP contribution is 2.20. The van der Waals surface area contributed by atoms with E-state index in [0.717, 1.165) is 5.56 Å². The number of carbonyl (C=O) groups excluding carboxylic acids is 3. The predicted molar refractivity (Wildman–Crippen MR) is 126 cm³/mol. The van der Waals surface area contributed by atoms with Crippen molar-refractivity contribution in [3.63, 3.8) is 0 Å². The maximum atomic E-state index is 12.4. The van der Waals surface area contributed by atoms with Crippen molar-refractivity contribution in [2.75, 3.05) is 11.9 Å². The zero-order valence-electron chi connectivity index (χ0n) is 18.0. The van der Waals surface area contributed by atoms with Crippen LogP contribution < -0.4 is 21.3 Å². The van der Waals surface area contributed by atoms with Gasteiger partial charge in [-0.25, -0.2) is 4.79 Å². The molecular weight excluding hydrogens is 458 g/mol. The SMILES string of the molecule is O=C(O)CC(NC(=O)CNC(=O)c1csc(NC(=O)NCc2ccccc2)c1)c1cccnc1. The first kappa shape index (κ1) is 24.4. The number of rotatable bonds is 10. The van der Waals surface area contributed by atoms with Crippen LogP contribution in [-0.4, -0.2) is 40.5 Å². The highest BCUT2D eigenvalue weighted by Gasteiger charge is 2.19. The lowest BCUT2D eigenvalue weighted by Gasteiger charge is -2.17. The fraction of sp³-hybridized carbons (Fsp3) is 0.174. The molecule has 0 fully saturated rings. The zero-order chi connectivity index (χ0) is 24.3. The maximum Gasteiger partial charge on any atom is 0.320 e. The summed E-state index contributed by atoms with van der Waals surface area (Å²) in [7, 11) is 0. The molecule has 0 saturated heterocycles. The average Bonchev–Trinajstić information content (AvgIpc) is 3.30. The molecule has 34 heavy (non-hydrogen) atoms. The molecule has 0 aliphatic carbocycles. The van der Waals surface area contributed by atoms with Gasteiger partial charge in [-0.15, -0.1) is 11.3 Å². The Hall–Kier alpha value is -4.25. The van der Waals surface area contributed by atoms with Gasteiger partial charge in [-0.3, -0.25) is 24.7 Å². The second-order valence-corrected chi connectivity index (χ2v) is 8.09. The highest BCUT2D eigenvalue weighted by molar-refractivity contribution is 7.14. The Bertz CT molecular complexity index is 1140. The van der Waals surface area contributed by atoms with Gasteiger partial charge >= 0.3 is 12.0 Å². The molecule has 11 heteroatoms. The largest absolute Gasteiger partial charge is 0.481 e. The molecule has 3 aromatic rings. The van der Waals surface area contributed by atoms with Gasteiger partial charge in [0.25, 0.3) is 5.91 Å². The fourth-order valence-electron chi connectivity index (χ4n) is 2.97. The molecule has 0 bridgehead atoms. The molecule has 0 aliphatic heterocycles. The molecule has 5 N–H and O–H groups in total. The van der Waals surface area contributed by atoms with Gasteiger partial charge in [0.05, 0.1) is 29.6 Å². The van der Waals surface area contributed by atoms with Crippen LogP contribution in [0.5, 0.6) is 0 Å². The summed E-state index contributed by atoms with van der Waals surface area (Å²) in [5.74, 6) is -2.12. The number of hydrogen-bond donors (Lipinski definition) is 5. The number of aromatic nitrogens is 1. The smallest absolute Gasteiger partial charge is 0.320 e. The third kappa shape index (κ3) is 7.71. The molecule has 3 rings (SSSR count). The minimum absolute atomic E-state index is 0.283. The second kappa shape index (κ2) is 12.1. The number of carbonyl (C=O) groups is 4. The van der Waals surface area contributed by atoms with Crippen LogP contribution in [0.15, 0.2) is 66.3 Å². The van der Waals surface area contributed by atoms with E-state index in [2.05, 4.69) is 26.3 Å². The molecule has 2 heterocycles. The van der Waals surface area contributed by atoms with Gasteiger partial charge in [-0.1, -0.05) is 36.4 Å². The molecule has 176 valence electrons. The van der Waals surface area contributed by atoms with Crippen LogP contribution in [0, 0.1) is 0 Å². The van der Waals surface area contributed by atoms with E-state index >= 15 is 0 Å². The Morgan fingerprint density at radius 3 is 2.53 bits per heavy atom. The molecular formula is C23H23N5O5S. The van der Waals surface area contributed by atoms with Crippen LogP contribution in [0.3, 0.4) is 0 Å². The van der Waals surface area contributed by atoms with Gasteiger partial charge in [0.2, 0.25) is 5.91 Å². The van der Waals surface area contributed by atoms with Crippen molar-refractivity contribution in [1.29, 1.82) is 0 Å². The third-order valence-electron chi connectivity index (χ3n) is 4.60. The molecule has 0 saturated carbocycles. The van der Waals surface area contributed by atoms with Crippen molar-refractivity contribution < 1.29 is 24.3 Å². The number of carboxylic acids is 1. The van der Waals surface area contributed by atoms with E-state index in [1.807, 2.05) is 30.3 Å². The number of pyridine rings is 1. The number of carboxylic acid groups (broad SMARTS) is 1. The van der Waals surface area contributed by atoms with Gasteiger partial charge < -0.3 is 21.1 Å². The number of urea groups is 1. The van der Waals surface area contributed by atoms with Crippen molar-refractivity contribution in [3.05, 3.63) is 83.0 Å². The number of amides is 4. The van der Waals surface area contributed by atoms with E-state index in [9.17, 15) is 19.2 Å². The number of nitrogens with one attached hydrogen (secondary N) is 4. The normalized spacial score (nSPS) is 11.2. The van der Waals surface area contributed by atoms with Crippen LogP contribution in [0.25, 0.3) is 0 Å². The highest BCUT2D eigenvalue weighted by atomic mass is 32.1. The molecule has 10 nitrogen and oxygen atoms in total. The monoisotopic (exact) mass is 481 g/mol. The summed E-state index contributed by atoms with van der Waals surface area (Å²) < 4.78 is 0. The standard InChI is InChI=1S/C23H23N5O5S/c29-19(27-18(10-21(30)31)16-7-4-8-24-12-16)13-25-22(32)17-9-20(34-14-17)28-23(33)26-11-15-5-2-1-3-6-15/h1-9,12,14,18H,10-11,13H2,(H,25,32)(H,27,29)(H,30,31)(H2,26,28,33). The van der Waals surface area contributed by atoms with Crippen LogP contribution in [0.1, 0.15) is 33.9 Å². The van der Waals surface area contributed by atoms with Gasteiger partial charge in [-0.05, 0) is 23.3 Å². The topological polar surface area (TPSA) is 150 Å². The Kier molecular flexibility index (Phi) is 8.69. The summed E-state index contributed by atoms with van der Waals surface area (Å²) in [4.78, 5) is 51.8. The molecule has 1 unspecified atom stereocenters. The molecule has 0 aliphatic rings. The Morgan fingerprint density at radius 1 is 1.03 bits per heavy atom. The average molecular weight is 482 g/mol. The summed E-state index contributed by atoms with van der Waals surface area (Å²) in [6.07, 6.45) is 2.69. The van der Waals surface area contributed by atoms with E-state index in [0.29, 0.717) is 17.1 Å². The number of aliphatic carboxylic acids is 1. The first-order chi connectivity index (χ1) is 16.4. The van der Waals surface area contributed by atoms with Crippen LogP contribution >= 0.6 is 11.3 Å². The molecule has 0 radical (unpaired) electrons. The zero-order valence-corrected chi connectivity index (χ0v) is 18.8. The number of anilines is 1. The summed E-state index contributed by atoms with van der Waals surface area (Å²) in [6.45, 7) is 0.0216. The number of benzene rings is 1. The first-order valence-electron chi connectivity index (χ1n) is 10.3. The molecule has 1 aromatic carbocycles. The summed E-state index contributed by atoms with van der Waals surface area (Å²) in [5.41, 5.74) is 1.78. The van der Waals surface area contributed by atoms with E-state index < -0.39 is 29.9 Å². The van der Waals surface area contributed by atoms with Crippen molar-refractivity contribution >= 4 is 40.2 Å². The minimum Gasteiger partial charge on any atom is -0.481 e. The van der Waals surface area contributed by atoms with Crippen molar-refractivity contribution in [1.82, 2.24) is 20.9 Å². The molecule has 2 aromatic heterocycles. The van der Waals surface area contributed by atoms with E-state index in [1.165, 1.54) is 23.6 Å². The van der Waals surface area contributed by atoms with Crippen LogP contribution in [0.2, 0.25) is 0 Å². The Morgan fingerprint density at radius 2 is 1.82 bits per heavy atom. The van der Waals surface area contributed by atoms with Crippen molar-refractivity contribution in [2.45, 2.75) is 19.0 Å². The van der Waals surface area contributed by atoms with Gasteiger partial charge in [0.15, 0.2) is 0 Å². The van der Waals surface area contributed by atoms with E-state index in [-0.39, 0.29) is 18.5 Å². The maximum absolute atomic E-state index is 12.4. The lowest BCUT2D eigenvalue weighted by molar-refractivity contribution is -0.137. The first-order valence-corrected chi connectivity index (χ1v) is 11.2. The van der Waals surface area contributed by atoms with Crippen molar-refractivity contribution in [3.8, 4) is 0 Å². The Labute approximate surface area is 199 Å². The second-order valence-electron chi connectivity index (χ2n) is 7.18. The van der Waals surface area contributed by atoms with Gasteiger partial charge in [0.1, 0.15) is 0 Å². The summed E-state index contributed by atoms with van der Waals surface area (Å²) >= 11 is 1.17. The van der Waals surface area contributed by atoms with E-state index in [1.54, 1.807) is 23.7 Å². The molecule has 1 atom stereocenters. The van der Waals surface area contributed by atoms with Gasteiger partial charge in [-0.2, -0.15) is 0 Å². The molecule has 0 spiro atoms. The lowest BCUT2D eigenvalue weighted by Crippen LogP contribution is -2.39. The third-order valence-corrected chi connectivity index (χ3v) is 5.45. The minimum atomic E-state index is -1.08. The summed E-state index contributed by atoms with van der Waals surface area (Å²) in [5, 5.41) is 21.6. The number of nitrogens with zero attached hydrogens (tertiary/aromatic N) is 1. The van der Waals surface area contributed by atoms with Gasteiger partial charge in [0, 0.05) is 24.3 Å². The van der Waals surface area contributed by atoms with Crippen LogP contribution in [-0.2, 0) is 16.1 Å². The predicted octanol–water partition coefficient (Wildman–Crippen LogP) is 2.53. The van der Waals surface area contributed by atoms with E-state index in [4.69, 9.17) is 5.11 Å². The fourth-order valence-corrected chi connectivity index (χ4v) is 3.75. The lowest BCUT2D eigenvalue weighted by atomic mass is 10.1. The van der Waals surface area contributed by atoms with Crippen molar-refractivity contribution in [2.24, 2.45) is 0 Å². The quantitative estimate of drug-likeness (QED) is 0.300. The Balaban J connectivity index is 1.46. The number of thiophene rings is 1. The summed E-state index contributed by atoms with van der Waals surface area (Å²) in [6, 6.07) is 13.1. The van der Waals surface area contributed by atoms with Crippen LogP contribution in [0.4, 0.5) is 9.80 Å².